The van der Waals surface area contributed by atoms with Crippen LogP contribution in [0.15, 0.2) is 42.5 Å². The number of ether oxygens (including phenoxy) is 8. The number of fused-ring (bicyclic) bond motifs is 2. The van der Waals surface area contributed by atoms with Gasteiger partial charge in [0.25, 0.3) is 0 Å². The lowest BCUT2D eigenvalue weighted by Gasteiger charge is -2.11. The number of aromatic nitrogens is 1. The maximum Gasteiger partial charge on any atom is 0.0889 e. The van der Waals surface area contributed by atoms with Crippen LogP contribution >= 0.6 is 0 Å². The van der Waals surface area contributed by atoms with Gasteiger partial charge in [0.2, 0.25) is 0 Å². The number of hydrogen-bond donors (Lipinski definition) is 0. The number of hydrogen-bond acceptors (Lipinski definition) is 9. The number of pyridine rings is 1. The van der Waals surface area contributed by atoms with Crippen LogP contribution in [0.2, 0.25) is 0 Å². The van der Waals surface area contributed by atoms with E-state index in [-0.39, 0.29) is 0 Å². The number of benzene rings is 1. The van der Waals surface area contributed by atoms with Crippen LogP contribution in [0, 0.1) is 0 Å². The van der Waals surface area contributed by atoms with Crippen molar-refractivity contribution in [2.75, 3.05) is 92.5 Å². The Morgan fingerprint density at radius 1 is 0.389 bits per heavy atom. The van der Waals surface area contributed by atoms with Gasteiger partial charge in [-0.1, -0.05) is 30.3 Å². The second-order valence-electron chi connectivity index (χ2n) is 7.98. The zero-order valence-electron chi connectivity index (χ0n) is 21.1. The fourth-order valence-corrected chi connectivity index (χ4v) is 3.39. The average molecular weight is 506 g/mol. The highest BCUT2D eigenvalue weighted by molar-refractivity contribution is 5.63. The summed E-state index contributed by atoms with van der Waals surface area (Å²) in [5.74, 6) is 0. The first kappa shape index (κ1) is 28.6. The van der Waals surface area contributed by atoms with Gasteiger partial charge in [-0.3, -0.25) is 4.98 Å². The third-order valence-corrected chi connectivity index (χ3v) is 5.14. The minimum atomic E-state index is 0.400. The van der Waals surface area contributed by atoms with E-state index in [1.807, 2.05) is 18.2 Å². The Kier molecular flexibility index (Phi) is 15.3. The van der Waals surface area contributed by atoms with Gasteiger partial charge < -0.3 is 37.9 Å². The molecule has 0 saturated carbocycles. The zero-order chi connectivity index (χ0) is 24.9. The second-order valence-corrected chi connectivity index (χ2v) is 7.98. The first-order valence-electron chi connectivity index (χ1n) is 12.6. The van der Waals surface area contributed by atoms with E-state index in [1.165, 1.54) is 0 Å². The first-order valence-corrected chi connectivity index (χ1v) is 12.6. The highest BCUT2D eigenvalue weighted by Gasteiger charge is 2.06. The monoisotopic (exact) mass is 505 g/mol. The summed E-state index contributed by atoms with van der Waals surface area (Å²) in [4.78, 5) is 4.72. The molecule has 1 aromatic carbocycles. The van der Waals surface area contributed by atoms with Gasteiger partial charge >= 0.3 is 0 Å². The highest BCUT2D eigenvalue weighted by atomic mass is 16.6. The van der Waals surface area contributed by atoms with E-state index in [0.717, 1.165) is 22.5 Å². The van der Waals surface area contributed by atoms with Crippen molar-refractivity contribution in [1.29, 1.82) is 0 Å². The van der Waals surface area contributed by atoms with Crippen LogP contribution in [-0.2, 0) is 51.1 Å². The Bertz CT molecular complexity index is 763. The van der Waals surface area contributed by atoms with Crippen LogP contribution < -0.4 is 0 Å². The molecule has 9 heteroatoms. The maximum absolute atomic E-state index is 5.80. The molecule has 0 fully saturated rings. The molecule has 2 bridgehead atoms. The van der Waals surface area contributed by atoms with Gasteiger partial charge in [-0.15, -0.1) is 0 Å². The van der Waals surface area contributed by atoms with Gasteiger partial charge in [0.15, 0.2) is 0 Å². The van der Waals surface area contributed by atoms with Gasteiger partial charge in [-0.2, -0.15) is 0 Å². The van der Waals surface area contributed by atoms with Crippen LogP contribution in [0.5, 0.6) is 0 Å². The van der Waals surface area contributed by atoms with Gasteiger partial charge in [-0.05, 0) is 23.3 Å². The summed E-state index contributed by atoms with van der Waals surface area (Å²) in [6.07, 6.45) is 0. The first-order chi connectivity index (χ1) is 17.9. The minimum absolute atomic E-state index is 0.400. The lowest BCUT2D eigenvalue weighted by atomic mass is 10.0. The predicted molar refractivity (Wildman–Crippen MR) is 134 cm³/mol. The molecule has 3 rings (SSSR count). The summed E-state index contributed by atoms with van der Waals surface area (Å²) in [5, 5.41) is 0. The third-order valence-electron chi connectivity index (χ3n) is 5.14. The van der Waals surface area contributed by atoms with Crippen LogP contribution in [-0.4, -0.2) is 97.5 Å². The van der Waals surface area contributed by atoms with E-state index in [2.05, 4.69) is 24.3 Å². The Labute approximate surface area is 213 Å². The smallest absolute Gasteiger partial charge is 0.0889 e. The summed E-state index contributed by atoms with van der Waals surface area (Å²) in [6, 6.07) is 14.3. The molecule has 2 aromatic rings. The summed E-state index contributed by atoms with van der Waals surface area (Å²) in [7, 11) is 0. The van der Waals surface area contributed by atoms with Crippen molar-refractivity contribution in [2.45, 2.75) is 13.2 Å². The van der Waals surface area contributed by atoms with Crippen molar-refractivity contribution in [1.82, 2.24) is 4.98 Å². The minimum Gasteiger partial charge on any atom is -0.377 e. The SMILES string of the molecule is c1ccc(-c2cc3nc(c2)COCCOCCOCCOCCOCCOCCOCCOC3)cc1. The quantitative estimate of drug-likeness (QED) is 0.581. The van der Waals surface area contributed by atoms with Crippen LogP contribution in [0.3, 0.4) is 0 Å². The van der Waals surface area contributed by atoms with E-state index in [9.17, 15) is 0 Å². The van der Waals surface area contributed by atoms with Crippen molar-refractivity contribution in [2.24, 2.45) is 0 Å². The fraction of sp³-hybridized carbons (Fsp3) is 0.593. The van der Waals surface area contributed by atoms with E-state index in [1.54, 1.807) is 0 Å². The molecule has 0 unspecified atom stereocenters. The Morgan fingerprint density at radius 3 is 1.08 bits per heavy atom. The van der Waals surface area contributed by atoms with Gasteiger partial charge in [-0.25, -0.2) is 0 Å². The lowest BCUT2D eigenvalue weighted by molar-refractivity contribution is -0.0238. The van der Waals surface area contributed by atoms with Crippen molar-refractivity contribution >= 4 is 0 Å². The Hall–Kier alpha value is -1.95. The fourth-order valence-electron chi connectivity index (χ4n) is 3.39. The predicted octanol–water partition coefficient (Wildman–Crippen LogP) is 2.90. The molecule has 0 radical (unpaired) electrons. The van der Waals surface area contributed by atoms with Gasteiger partial charge in [0.05, 0.1) is 117 Å². The average Bonchev–Trinajstić information content (AvgIpc) is 2.91. The van der Waals surface area contributed by atoms with Crippen molar-refractivity contribution in [3.05, 3.63) is 53.9 Å². The molecule has 0 atom stereocenters. The molecule has 0 aliphatic carbocycles. The largest absolute Gasteiger partial charge is 0.377 e. The van der Waals surface area contributed by atoms with Crippen molar-refractivity contribution in [3.8, 4) is 11.1 Å². The summed E-state index contributed by atoms with van der Waals surface area (Å²) in [6.45, 7) is 7.99. The molecule has 2 heterocycles. The molecular weight excluding hydrogens is 466 g/mol. The molecule has 200 valence electrons. The zero-order valence-corrected chi connectivity index (χ0v) is 21.1. The topological polar surface area (TPSA) is 86.7 Å². The lowest BCUT2D eigenvalue weighted by Crippen LogP contribution is -2.14. The molecule has 9 nitrogen and oxygen atoms in total. The number of nitrogens with zero attached hydrogens (tertiary/aromatic N) is 1. The molecule has 1 aliphatic rings. The summed E-state index contributed by atoms with van der Waals surface area (Å²) < 4.78 is 44.7. The van der Waals surface area contributed by atoms with E-state index >= 15 is 0 Å². The molecule has 36 heavy (non-hydrogen) atoms. The Morgan fingerprint density at radius 2 is 0.722 bits per heavy atom. The standard InChI is InChI=1S/C27H39NO8/c1-2-4-24(5-3-1)25-20-26-22-35-18-16-33-14-12-31-10-8-29-6-7-30-9-11-32-13-15-34-17-19-36-23-27(21-25)28-26/h1-5,20-21H,6-19,22-23H2. The molecule has 0 saturated heterocycles. The maximum atomic E-state index is 5.80. The Balaban J connectivity index is 1.48. The molecule has 0 amide bonds. The molecular formula is C27H39NO8. The summed E-state index contributed by atoms with van der Waals surface area (Å²) >= 11 is 0. The van der Waals surface area contributed by atoms with Crippen LogP contribution in [0.1, 0.15) is 11.4 Å². The third kappa shape index (κ3) is 12.8. The van der Waals surface area contributed by atoms with Gasteiger partial charge in [0, 0.05) is 0 Å². The molecule has 0 spiro atoms. The van der Waals surface area contributed by atoms with Gasteiger partial charge in [0.1, 0.15) is 0 Å². The van der Waals surface area contributed by atoms with Crippen LogP contribution in [0.25, 0.3) is 11.1 Å². The van der Waals surface area contributed by atoms with E-state index in [0.29, 0.717) is 106 Å². The highest BCUT2D eigenvalue weighted by Crippen LogP contribution is 2.21. The van der Waals surface area contributed by atoms with Crippen molar-refractivity contribution < 1.29 is 37.9 Å². The van der Waals surface area contributed by atoms with E-state index in [4.69, 9.17) is 42.9 Å². The normalized spacial score (nSPS) is 19.8. The number of rotatable bonds is 1. The van der Waals surface area contributed by atoms with E-state index < -0.39 is 0 Å². The summed E-state index contributed by atoms with van der Waals surface area (Å²) in [5.41, 5.74) is 3.92. The molecule has 1 aliphatic heterocycles. The van der Waals surface area contributed by atoms with Crippen LogP contribution in [0.4, 0.5) is 0 Å². The van der Waals surface area contributed by atoms with Crippen molar-refractivity contribution in [3.63, 3.8) is 0 Å². The second kappa shape index (κ2) is 19.2. The molecule has 0 N–H and O–H groups in total. The molecule has 1 aromatic heterocycles.